The summed E-state index contributed by atoms with van der Waals surface area (Å²) in [6.07, 6.45) is 5.02. The van der Waals surface area contributed by atoms with Gasteiger partial charge in [-0.1, -0.05) is 0 Å². The lowest BCUT2D eigenvalue weighted by Crippen LogP contribution is -2.39. The zero-order valence-corrected chi connectivity index (χ0v) is 6.17. The fraction of sp³-hybridized carbons (Fsp3) is 0.857. The van der Waals surface area contributed by atoms with Crippen LogP contribution in [0, 0.1) is 0 Å². The smallest absolute Gasteiger partial charge is 0.314 e. The van der Waals surface area contributed by atoms with Crippen LogP contribution in [-0.4, -0.2) is 31.2 Å². The number of piperidine rings is 1. The maximum absolute atomic E-state index is 10.3. The Morgan fingerprint density at radius 2 is 2.40 bits per heavy atom. The lowest BCUT2D eigenvalue weighted by atomic mass is 10.1. The van der Waals surface area contributed by atoms with E-state index in [9.17, 15) is 4.79 Å². The number of carbonyl (C=O) groups excluding carboxylic acids is 1. The number of methoxy groups -OCH3 is 1. The van der Waals surface area contributed by atoms with Crippen LogP contribution in [0.25, 0.3) is 0 Å². The molecule has 1 heterocycles. The zero-order valence-electron chi connectivity index (χ0n) is 6.17. The van der Waals surface area contributed by atoms with Crippen LogP contribution in [0.2, 0.25) is 0 Å². The molecule has 57 valence electrons. The Labute approximate surface area is 61.0 Å². The van der Waals surface area contributed by atoms with Gasteiger partial charge in [-0.2, -0.15) is 0 Å². The first kappa shape index (κ1) is 7.54. The van der Waals surface area contributed by atoms with Gasteiger partial charge < -0.3 is 9.64 Å². The van der Waals surface area contributed by atoms with E-state index in [0.29, 0.717) is 0 Å². The molecular weight excluding hydrogens is 130 g/mol. The van der Waals surface area contributed by atoms with E-state index in [1.807, 2.05) is 6.41 Å². The minimum absolute atomic E-state index is 0.0220. The molecule has 0 spiro atoms. The summed E-state index contributed by atoms with van der Waals surface area (Å²) in [5.74, 6) is 0. The number of hydrogen-bond donors (Lipinski definition) is 0. The highest BCUT2D eigenvalue weighted by Crippen LogP contribution is 2.14. The van der Waals surface area contributed by atoms with Gasteiger partial charge in [0.25, 0.3) is 0 Å². The summed E-state index contributed by atoms with van der Waals surface area (Å²) in [4.78, 5) is 11.8. The first-order valence-corrected chi connectivity index (χ1v) is 3.55. The van der Waals surface area contributed by atoms with Crippen LogP contribution in [0.5, 0.6) is 0 Å². The second kappa shape index (κ2) is 3.56. The molecule has 0 N–H and O–H groups in total. The van der Waals surface area contributed by atoms with Crippen LogP contribution in [0.15, 0.2) is 0 Å². The highest BCUT2D eigenvalue weighted by Gasteiger charge is 2.20. The van der Waals surface area contributed by atoms with Crippen molar-refractivity contribution in [3.05, 3.63) is 0 Å². The molecule has 3 nitrogen and oxygen atoms in total. The molecule has 1 aliphatic rings. The van der Waals surface area contributed by atoms with E-state index in [-0.39, 0.29) is 6.23 Å². The van der Waals surface area contributed by atoms with E-state index in [1.54, 1.807) is 12.0 Å². The summed E-state index contributed by atoms with van der Waals surface area (Å²) < 4.78 is 5.06. The molecule has 0 aromatic carbocycles. The predicted molar refractivity (Wildman–Crippen MR) is 37.0 cm³/mol. The topological polar surface area (TPSA) is 29.5 Å². The minimum atomic E-state index is -0.0220. The van der Waals surface area contributed by atoms with Crippen LogP contribution >= 0.6 is 0 Å². The van der Waals surface area contributed by atoms with Gasteiger partial charge in [0, 0.05) is 13.7 Å². The van der Waals surface area contributed by atoms with Crippen LogP contribution in [0.1, 0.15) is 19.3 Å². The summed E-state index contributed by atoms with van der Waals surface area (Å²) >= 11 is 0. The number of rotatable bonds is 2. The van der Waals surface area contributed by atoms with Crippen LogP contribution in [0.3, 0.4) is 0 Å². The Morgan fingerprint density at radius 1 is 1.60 bits per heavy atom. The number of likely N-dealkylation sites (tertiary alicyclic amines) is 1. The molecule has 1 radical (unpaired) electrons. The summed E-state index contributed by atoms with van der Waals surface area (Å²) in [7, 11) is 1.63. The predicted octanol–water partition coefficient (Wildman–Crippen LogP) is 0.512. The quantitative estimate of drug-likeness (QED) is 0.562. The number of amides is 1. The molecule has 1 unspecified atom stereocenters. The third kappa shape index (κ3) is 1.48. The molecule has 1 rings (SSSR count). The van der Waals surface area contributed by atoms with E-state index < -0.39 is 0 Å². The molecule has 1 amide bonds. The van der Waals surface area contributed by atoms with Gasteiger partial charge in [0.15, 0.2) is 0 Å². The molecular formula is C7H12NO2. The second-order valence-electron chi connectivity index (χ2n) is 2.47. The van der Waals surface area contributed by atoms with Gasteiger partial charge in [-0.25, -0.2) is 0 Å². The Morgan fingerprint density at radius 3 is 2.90 bits per heavy atom. The van der Waals surface area contributed by atoms with Crippen molar-refractivity contribution >= 4 is 6.41 Å². The maximum atomic E-state index is 10.3. The summed E-state index contributed by atoms with van der Waals surface area (Å²) in [5, 5.41) is 0. The van der Waals surface area contributed by atoms with Gasteiger partial charge in [0.05, 0.1) is 0 Å². The van der Waals surface area contributed by atoms with Crippen molar-refractivity contribution < 1.29 is 9.53 Å². The largest absolute Gasteiger partial charge is 0.362 e. The van der Waals surface area contributed by atoms with E-state index in [2.05, 4.69) is 0 Å². The fourth-order valence-corrected chi connectivity index (χ4v) is 1.25. The standard InChI is InChI=1S/C7H12NO2/c1-10-7-4-2-3-5-8(7)6-9/h7H,2-5H2,1H3. The lowest BCUT2D eigenvalue weighted by molar-refractivity contribution is -0.0171. The second-order valence-corrected chi connectivity index (χ2v) is 2.47. The van der Waals surface area contributed by atoms with E-state index in [4.69, 9.17) is 4.74 Å². The third-order valence-electron chi connectivity index (χ3n) is 1.84. The highest BCUT2D eigenvalue weighted by molar-refractivity contribution is 5.48. The summed E-state index contributed by atoms with van der Waals surface area (Å²) in [6, 6.07) is 0. The molecule has 0 bridgehead atoms. The summed E-state index contributed by atoms with van der Waals surface area (Å²) in [5.41, 5.74) is 0. The SMILES string of the molecule is COC1CCCCN1[C]=O. The Balaban J connectivity index is 2.41. The van der Waals surface area contributed by atoms with Gasteiger partial charge in [0.2, 0.25) is 0 Å². The number of nitrogens with zero attached hydrogens (tertiary/aromatic N) is 1. The molecule has 1 atom stereocenters. The van der Waals surface area contributed by atoms with E-state index in [1.165, 1.54) is 0 Å². The highest BCUT2D eigenvalue weighted by atomic mass is 16.5. The average Bonchev–Trinajstić information content (AvgIpc) is 2.04. The summed E-state index contributed by atoms with van der Waals surface area (Å²) in [6.45, 7) is 0.794. The normalized spacial score (nSPS) is 26.5. The average molecular weight is 142 g/mol. The lowest BCUT2D eigenvalue weighted by Gasteiger charge is -2.30. The molecule has 0 aromatic heterocycles. The molecule has 1 aliphatic heterocycles. The van der Waals surface area contributed by atoms with Crippen LogP contribution in [-0.2, 0) is 9.53 Å². The third-order valence-corrected chi connectivity index (χ3v) is 1.84. The van der Waals surface area contributed by atoms with Crippen molar-refractivity contribution in [2.75, 3.05) is 13.7 Å². The van der Waals surface area contributed by atoms with Crippen molar-refractivity contribution in [2.24, 2.45) is 0 Å². The molecule has 3 heteroatoms. The molecule has 0 aliphatic carbocycles. The Kier molecular flexibility index (Phi) is 2.68. The molecule has 0 saturated carbocycles. The first-order valence-electron chi connectivity index (χ1n) is 3.55. The number of ether oxygens (including phenoxy) is 1. The van der Waals surface area contributed by atoms with Crippen molar-refractivity contribution in [3.8, 4) is 0 Å². The van der Waals surface area contributed by atoms with Crippen molar-refractivity contribution in [2.45, 2.75) is 25.5 Å². The molecule has 0 aromatic rings. The minimum Gasteiger partial charge on any atom is -0.362 e. The molecule has 1 saturated heterocycles. The maximum Gasteiger partial charge on any atom is 0.314 e. The van der Waals surface area contributed by atoms with Crippen molar-refractivity contribution in [1.29, 1.82) is 0 Å². The van der Waals surface area contributed by atoms with Gasteiger partial charge >= 0.3 is 6.41 Å². The monoisotopic (exact) mass is 142 g/mol. The zero-order chi connectivity index (χ0) is 7.40. The van der Waals surface area contributed by atoms with Crippen LogP contribution < -0.4 is 0 Å². The van der Waals surface area contributed by atoms with Crippen molar-refractivity contribution in [3.63, 3.8) is 0 Å². The van der Waals surface area contributed by atoms with E-state index >= 15 is 0 Å². The van der Waals surface area contributed by atoms with Crippen molar-refractivity contribution in [1.82, 2.24) is 4.90 Å². The number of hydrogen-bond acceptors (Lipinski definition) is 2. The van der Waals surface area contributed by atoms with Gasteiger partial charge in [-0.15, -0.1) is 0 Å². The fourth-order valence-electron chi connectivity index (χ4n) is 1.25. The Hall–Kier alpha value is -0.570. The Bertz CT molecular complexity index is 116. The van der Waals surface area contributed by atoms with Gasteiger partial charge in [-0.05, 0) is 19.3 Å². The first-order chi connectivity index (χ1) is 4.88. The molecule has 10 heavy (non-hydrogen) atoms. The van der Waals surface area contributed by atoms with Crippen LogP contribution in [0.4, 0.5) is 0 Å². The van der Waals surface area contributed by atoms with E-state index in [0.717, 1.165) is 25.8 Å². The van der Waals surface area contributed by atoms with Gasteiger partial charge in [0.1, 0.15) is 6.23 Å². The van der Waals surface area contributed by atoms with Gasteiger partial charge in [-0.3, -0.25) is 4.79 Å². The molecule has 1 fully saturated rings.